The molecule has 1 aliphatic rings. The Morgan fingerprint density at radius 3 is 2.62 bits per heavy atom. The molecule has 0 radical (unpaired) electrons. The summed E-state index contributed by atoms with van der Waals surface area (Å²) in [4.78, 5) is 2.15. The molecule has 0 aliphatic carbocycles. The van der Waals surface area contributed by atoms with Gasteiger partial charge in [-0.05, 0) is 25.7 Å². The molecule has 0 unspecified atom stereocenters. The van der Waals surface area contributed by atoms with Crippen LogP contribution >= 0.6 is 0 Å². The van der Waals surface area contributed by atoms with Crippen molar-refractivity contribution in [2.24, 2.45) is 0 Å². The Hall–Kier alpha value is -1.06. The van der Waals surface area contributed by atoms with Gasteiger partial charge in [-0.2, -0.15) is 0 Å². The molecule has 0 saturated carbocycles. The fraction of sp³-hybridized carbons (Fsp3) is 0.538. The van der Waals surface area contributed by atoms with Gasteiger partial charge in [0.05, 0.1) is 20.3 Å². The van der Waals surface area contributed by atoms with Gasteiger partial charge in [0.25, 0.3) is 0 Å². The highest BCUT2D eigenvalue weighted by atomic mass is 16.5. The Labute approximate surface area is 97.0 Å². The SMILES string of the molecule is COc1cc(CN(C)C)ccc1C1COC1. The maximum Gasteiger partial charge on any atom is 0.122 e. The maximum atomic E-state index is 5.45. The lowest BCUT2D eigenvalue weighted by Gasteiger charge is -2.28. The molecular weight excluding hydrogens is 202 g/mol. The monoisotopic (exact) mass is 221 g/mol. The highest BCUT2D eigenvalue weighted by Gasteiger charge is 2.23. The number of rotatable bonds is 4. The van der Waals surface area contributed by atoms with Gasteiger partial charge < -0.3 is 14.4 Å². The molecule has 0 spiro atoms. The zero-order chi connectivity index (χ0) is 11.5. The summed E-state index contributed by atoms with van der Waals surface area (Å²) < 4.78 is 10.7. The van der Waals surface area contributed by atoms with Crippen LogP contribution in [0.2, 0.25) is 0 Å². The summed E-state index contributed by atoms with van der Waals surface area (Å²) >= 11 is 0. The van der Waals surface area contributed by atoms with Gasteiger partial charge in [-0.15, -0.1) is 0 Å². The molecule has 1 aromatic rings. The number of ether oxygens (including phenoxy) is 2. The predicted octanol–water partition coefficient (Wildman–Crippen LogP) is 1.87. The van der Waals surface area contributed by atoms with E-state index in [-0.39, 0.29) is 0 Å². The molecule has 3 nitrogen and oxygen atoms in total. The second kappa shape index (κ2) is 4.85. The lowest BCUT2D eigenvalue weighted by molar-refractivity contribution is 0.00752. The molecular formula is C13H19NO2. The molecule has 0 bridgehead atoms. The molecule has 1 saturated heterocycles. The van der Waals surface area contributed by atoms with E-state index in [0.717, 1.165) is 25.5 Å². The normalized spacial score (nSPS) is 16.2. The lowest BCUT2D eigenvalue weighted by Crippen LogP contribution is -2.25. The van der Waals surface area contributed by atoms with Crippen LogP contribution in [0.3, 0.4) is 0 Å². The van der Waals surface area contributed by atoms with Crippen molar-refractivity contribution in [3.8, 4) is 5.75 Å². The first-order valence-corrected chi connectivity index (χ1v) is 5.60. The molecule has 2 rings (SSSR count). The van der Waals surface area contributed by atoms with E-state index < -0.39 is 0 Å². The first-order chi connectivity index (χ1) is 7.70. The van der Waals surface area contributed by atoms with Gasteiger partial charge in [-0.1, -0.05) is 12.1 Å². The molecule has 16 heavy (non-hydrogen) atoms. The van der Waals surface area contributed by atoms with E-state index in [4.69, 9.17) is 9.47 Å². The van der Waals surface area contributed by atoms with Gasteiger partial charge in [0.15, 0.2) is 0 Å². The highest BCUT2D eigenvalue weighted by molar-refractivity contribution is 5.40. The fourth-order valence-corrected chi connectivity index (χ4v) is 1.97. The lowest BCUT2D eigenvalue weighted by atomic mass is 9.95. The van der Waals surface area contributed by atoms with Gasteiger partial charge in [-0.25, -0.2) is 0 Å². The number of benzene rings is 1. The van der Waals surface area contributed by atoms with Crippen molar-refractivity contribution in [3.63, 3.8) is 0 Å². The third-order valence-electron chi connectivity index (χ3n) is 2.87. The van der Waals surface area contributed by atoms with E-state index >= 15 is 0 Å². The first-order valence-electron chi connectivity index (χ1n) is 5.60. The van der Waals surface area contributed by atoms with E-state index in [1.54, 1.807) is 7.11 Å². The molecule has 1 fully saturated rings. The number of hydrogen-bond donors (Lipinski definition) is 0. The summed E-state index contributed by atoms with van der Waals surface area (Å²) in [5.41, 5.74) is 2.56. The summed E-state index contributed by atoms with van der Waals surface area (Å²) in [7, 11) is 5.87. The summed E-state index contributed by atoms with van der Waals surface area (Å²) in [6, 6.07) is 6.48. The maximum absolute atomic E-state index is 5.45. The Morgan fingerprint density at radius 2 is 2.12 bits per heavy atom. The fourth-order valence-electron chi connectivity index (χ4n) is 1.97. The topological polar surface area (TPSA) is 21.7 Å². The first kappa shape index (κ1) is 11.4. The van der Waals surface area contributed by atoms with Gasteiger partial charge in [0.1, 0.15) is 5.75 Å². The Kier molecular flexibility index (Phi) is 3.46. The molecule has 0 aromatic heterocycles. The predicted molar refractivity (Wildman–Crippen MR) is 63.9 cm³/mol. The van der Waals surface area contributed by atoms with Gasteiger partial charge in [0.2, 0.25) is 0 Å². The van der Waals surface area contributed by atoms with Crippen molar-refractivity contribution >= 4 is 0 Å². The van der Waals surface area contributed by atoms with Crippen LogP contribution in [0.25, 0.3) is 0 Å². The van der Waals surface area contributed by atoms with Gasteiger partial charge in [0, 0.05) is 18.0 Å². The van der Waals surface area contributed by atoms with Crippen molar-refractivity contribution in [1.82, 2.24) is 4.90 Å². The van der Waals surface area contributed by atoms with Crippen LogP contribution in [-0.4, -0.2) is 39.3 Å². The van der Waals surface area contributed by atoms with Crippen LogP contribution in [0.5, 0.6) is 5.75 Å². The van der Waals surface area contributed by atoms with E-state index in [9.17, 15) is 0 Å². The molecule has 1 aliphatic heterocycles. The summed E-state index contributed by atoms with van der Waals surface area (Å²) in [6.07, 6.45) is 0. The van der Waals surface area contributed by atoms with Crippen LogP contribution in [0.15, 0.2) is 18.2 Å². The van der Waals surface area contributed by atoms with Crippen LogP contribution < -0.4 is 4.74 Å². The summed E-state index contributed by atoms with van der Waals surface area (Å²) in [5.74, 6) is 1.51. The van der Waals surface area contributed by atoms with Gasteiger partial charge in [-0.3, -0.25) is 0 Å². The average molecular weight is 221 g/mol. The smallest absolute Gasteiger partial charge is 0.122 e. The minimum atomic E-state index is 0.517. The van der Waals surface area contributed by atoms with E-state index in [0.29, 0.717) is 5.92 Å². The molecule has 1 heterocycles. The zero-order valence-electron chi connectivity index (χ0n) is 10.2. The average Bonchev–Trinajstić information content (AvgIpc) is 2.16. The third kappa shape index (κ3) is 2.36. The van der Waals surface area contributed by atoms with Crippen molar-refractivity contribution < 1.29 is 9.47 Å². The van der Waals surface area contributed by atoms with Crippen molar-refractivity contribution in [1.29, 1.82) is 0 Å². The van der Waals surface area contributed by atoms with E-state index in [1.165, 1.54) is 11.1 Å². The Bertz CT molecular complexity index is 359. The molecule has 0 amide bonds. The molecule has 0 N–H and O–H groups in total. The van der Waals surface area contributed by atoms with E-state index in [1.807, 2.05) is 0 Å². The molecule has 3 heteroatoms. The molecule has 88 valence electrons. The number of hydrogen-bond acceptors (Lipinski definition) is 3. The van der Waals surface area contributed by atoms with Crippen molar-refractivity contribution in [2.75, 3.05) is 34.4 Å². The van der Waals surface area contributed by atoms with Crippen LogP contribution in [0.1, 0.15) is 17.0 Å². The van der Waals surface area contributed by atoms with Crippen LogP contribution in [-0.2, 0) is 11.3 Å². The quantitative estimate of drug-likeness (QED) is 0.774. The molecule has 1 aromatic carbocycles. The number of methoxy groups -OCH3 is 1. The minimum Gasteiger partial charge on any atom is -0.496 e. The van der Waals surface area contributed by atoms with Crippen molar-refractivity contribution in [3.05, 3.63) is 29.3 Å². The van der Waals surface area contributed by atoms with Crippen molar-refractivity contribution in [2.45, 2.75) is 12.5 Å². The summed E-state index contributed by atoms with van der Waals surface area (Å²) in [6.45, 7) is 2.59. The highest BCUT2D eigenvalue weighted by Crippen LogP contribution is 2.32. The molecule has 0 atom stereocenters. The Balaban J connectivity index is 2.20. The Morgan fingerprint density at radius 1 is 1.38 bits per heavy atom. The van der Waals surface area contributed by atoms with Crippen LogP contribution in [0, 0.1) is 0 Å². The number of nitrogens with zero attached hydrogens (tertiary/aromatic N) is 1. The second-order valence-electron chi connectivity index (χ2n) is 4.55. The van der Waals surface area contributed by atoms with Gasteiger partial charge >= 0.3 is 0 Å². The van der Waals surface area contributed by atoms with E-state index in [2.05, 4.69) is 37.2 Å². The minimum absolute atomic E-state index is 0.517. The summed E-state index contributed by atoms with van der Waals surface area (Å²) in [5, 5.41) is 0. The largest absolute Gasteiger partial charge is 0.496 e. The van der Waals surface area contributed by atoms with Crippen LogP contribution in [0.4, 0.5) is 0 Å². The third-order valence-corrected chi connectivity index (χ3v) is 2.87. The zero-order valence-corrected chi connectivity index (χ0v) is 10.2. The standard InChI is InChI=1S/C13H19NO2/c1-14(2)7-10-4-5-12(11-8-16-9-11)13(6-10)15-3/h4-6,11H,7-9H2,1-3H3. The second-order valence-corrected chi connectivity index (χ2v) is 4.55.